The number of aliphatic hydroxyl groups excluding tert-OH is 1. The molecule has 1 fully saturated rings. The van der Waals surface area contributed by atoms with Crippen molar-refractivity contribution >= 4 is 17.5 Å². The number of hydrogen-bond acceptors (Lipinski definition) is 2. The van der Waals surface area contributed by atoms with E-state index in [2.05, 4.69) is 0 Å². The van der Waals surface area contributed by atoms with Gasteiger partial charge in [0, 0.05) is 31.1 Å². The van der Waals surface area contributed by atoms with Gasteiger partial charge < -0.3 is 10.0 Å². The summed E-state index contributed by atoms with van der Waals surface area (Å²) in [6.45, 7) is 0.104. The van der Waals surface area contributed by atoms with Crippen molar-refractivity contribution in [2.75, 3.05) is 13.7 Å². The van der Waals surface area contributed by atoms with E-state index in [1.165, 1.54) is 11.0 Å². The van der Waals surface area contributed by atoms with Crippen molar-refractivity contribution in [3.63, 3.8) is 0 Å². The fourth-order valence-corrected chi connectivity index (χ4v) is 3.55. The second-order valence-corrected chi connectivity index (χ2v) is 6.84. The van der Waals surface area contributed by atoms with E-state index < -0.39 is 17.0 Å². The van der Waals surface area contributed by atoms with Crippen molar-refractivity contribution in [2.24, 2.45) is 5.92 Å². The maximum atomic E-state index is 13.7. The lowest BCUT2D eigenvalue weighted by atomic mass is 9.91. The number of benzene rings is 2. The van der Waals surface area contributed by atoms with Gasteiger partial charge in [0.2, 0.25) is 5.91 Å². The van der Waals surface area contributed by atoms with Crippen LogP contribution >= 0.6 is 11.6 Å². The molecule has 6 heteroatoms. The largest absolute Gasteiger partial charge is 0.396 e. The Morgan fingerprint density at radius 3 is 2.60 bits per heavy atom. The summed E-state index contributed by atoms with van der Waals surface area (Å²) in [6.07, 6.45) is 0.403. The number of amides is 1. The zero-order chi connectivity index (χ0) is 18.2. The Hall–Kier alpha value is -1.98. The third kappa shape index (κ3) is 3.14. The zero-order valence-corrected chi connectivity index (χ0v) is 14.4. The molecule has 2 atom stereocenters. The summed E-state index contributed by atoms with van der Waals surface area (Å²) in [7, 11) is 1.64. The van der Waals surface area contributed by atoms with Crippen LogP contribution in [0.15, 0.2) is 42.5 Å². The quantitative estimate of drug-likeness (QED) is 0.880. The molecule has 1 N–H and O–H groups in total. The summed E-state index contributed by atoms with van der Waals surface area (Å²) in [5, 5.41) is 10.1. The third-order valence-electron chi connectivity index (χ3n) is 4.85. The molecule has 0 bridgehead atoms. The minimum Gasteiger partial charge on any atom is -0.396 e. The van der Waals surface area contributed by atoms with Crippen molar-refractivity contribution in [2.45, 2.75) is 18.4 Å². The van der Waals surface area contributed by atoms with Gasteiger partial charge in [-0.25, -0.2) is 8.78 Å². The predicted molar refractivity (Wildman–Crippen MR) is 91.2 cm³/mol. The molecule has 0 unspecified atom stereocenters. The monoisotopic (exact) mass is 365 g/mol. The highest BCUT2D eigenvalue weighted by Crippen LogP contribution is 2.55. The van der Waals surface area contributed by atoms with Crippen LogP contribution in [0.4, 0.5) is 8.78 Å². The van der Waals surface area contributed by atoms with E-state index in [0.717, 1.165) is 17.7 Å². The number of rotatable bonds is 5. The minimum absolute atomic E-state index is 0.190. The topological polar surface area (TPSA) is 40.5 Å². The number of carbonyl (C=O) groups is 1. The van der Waals surface area contributed by atoms with E-state index in [9.17, 15) is 18.7 Å². The highest BCUT2D eigenvalue weighted by molar-refractivity contribution is 6.31. The van der Waals surface area contributed by atoms with Crippen LogP contribution in [0, 0.1) is 17.6 Å². The van der Waals surface area contributed by atoms with Crippen molar-refractivity contribution in [1.29, 1.82) is 0 Å². The van der Waals surface area contributed by atoms with Gasteiger partial charge in [0.05, 0.1) is 5.41 Å². The van der Waals surface area contributed by atoms with E-state index in [-0.39, 0.29) is 18.4 Å². The molecule has 2 aromatic carbocycles. The van der Waals surface area contributed by atoms with Crippen LogP contribution in [0.5, 0.6) is 0 Å². The summed E-state index contributed by atoms with van der Waals surface area (Å²) in [6, 6.07) is 10.7. The van der Waals surface area contributed by atoms with Gasteiger partial charge in [-0.2, -0.15) is 0 Å². The smallest absolute Gasteiger partial charge is 0.233 e. The van der Waals surface area contributed by atoms with Crippen molar-refractivity contribution in [3.05, 3.63) is 70.2 Å². The first-order chi connectivity index (χ1) is 11.9. The number of aliphatic hydroxyl groups is 1. The number of halogens is 3. The Morgan fingerprint density at radius 1 is 1.28 bits per heavy atom. The molecular formula is C19H18ClF2NO2. The van der Waals surface area contributed by atoms with Crippen LogP contribution in [0.3, 0.4) is 0 Å². The lowest BCUT2D eigenvalue weighted by Gasteiger charge is -2.25. The number of carbonyl (C=O) groups excluding carboxylic acids is 1. The Balaban J connectivity index is 1.89. The molecule has 2 aromatic rings. The van der Waals surface area contributed by atoms with Crippen molar-refractivity contribution < 1.29 is 18.7 Å². The first-order valence-corrected chi connectivity index (χ1v) is 8.33. The minimum atomic E-state index is -1.01. The molecule has 1 aliphatic carbocycles. The number of nitrogens with zero attached hydrogens (tertiary/aromatic N) is 1. The number of hydrogen-bond donors (Lipinski definition) is 1. The molecule has 0 aromatic heterocycles. The van der Waals surface area contributed by atoms with E-state index in [0.29, 0.717) is 23.6 Å². The molecule has 3 rings (SSSR count). The van der Waals surface area contributed by atoms with Gasteiger partial charge >= 0.3 is 0 Å². The molecule has 1 amide bonds. The van der Waals surface area contributed by atoms with Crippen molar-refractivity contribution in [3.8, 4) is 0 Å². The molecule has 0 saturated heterocycles. The van der Waals surface area contributed by atoms with Crippen LogP contribution < -0.4 is 0 Å². The molecule has 0 heterocycles. The lowest BCUT2D eigenvalue weighted by molar-refractivity contribution is -0.133. The molecular weight excluding hydrogens is 348 g/mol. The van der Waals surface area contributed by atoms with Gasteiger partial charge in [-0.15, -0.1) is 0 Å². The van der Waals surface area contributed by atoms with Crippen LogP contribution in [0.2, 0.25) is 5.02 Å². The van der Waals surface area contributed by atoms with Gasteiger partial charge in [-0.3, -0.25) is 4.79 Å². The standard InChI is InChI=1S/C19H18ClF2NO2/c1-23(10-12-4-2-3-5-15(12)20)18(25)19(9-14(19)11-24)13-6-7-16(21)17(22)8-13/h2-8,14,24H,9-11H2,1H3/t14-,19+/m0/s1. The molecule has 25 heavy (non-hydrogen) atoms. The third-order valence-corrected chi connectivity index (χ3v) is 5.22. The fraction of sp³-hybridized carbons (Fsp3) is 0.316. The van der Waals surface area contributed by atoms with E-state index in [1.54, 1.807) is 19.2 Å². The Bertz CT molecular complexity index is 814. The average Bonchev–Trinajstić information content (AvgIpc) is 3.34. The van der Waals surface area contributed by atoms with Gasteiger partial charge in [-0.1, -0.05) is 35.9 Å². The summed E-state index contributed by atoms with van der Waals surface area (Å²) in [5.74, 6) is -2.50. The predicted octanol–water partition coefficient (Wildman–Crippen LogP) is 3.53. The van der Waals surface area contributed by atoms with Gasteiger partial charge in [-0.05, 0) is 35.7 Å². The van der Waals surface area contributed by atoms with Crippen LogP contribution in [-0.4, -0.2) is 29.6 Å². The first-order valence-electron chi connectivity index (χ1n) is 7.95. The van der Waals surface area contributed by atoms with Crippen LogP contribution in [0.1, 0.15) is 17.5 Å². The molecule has 1 aliphatic rings. The molecule has 0 radical (unpaired) electrons. The maximum Gasteiger partial charge on any atom is 0.233 e. The van der Waals surface area contributed by atoms with Gasteiger partial charge in [0.25, 0.3) is 0 Å². The molecule has 132 valence electrons. The summed E-state index contributed by atoms with van der Waals surface area (Å²) >= 11 is 6.14. The second-order valence-electron chi connectivity index (χ2n) is 6.44. The van der Waals surface area contributed by atoms with Gasteiger partial charge in [0.1, 0.15) is 0 Å². The normalized spacial score (nSPS) is 21.9. The summed E-state index contributed by atoms with van der Waals surface area (Å²) in [5.41, 5.74) is 0.169. The summed E-state index contributed by atoms with van der Waals surface area (Å²) in [4.78, 5) is 14.6. The van der Waals surface area contributed by atoms with Crippen LogP contribution in [0.25, 0.3) is 0 Å². The SMILES string of the molecule is CN(Cc1ccccc1Cl)C(=O)[C@@]1(c2ccc(F)c(F)c2)C[C@H]1CO. The first kappa shape index (κ1) is 17.8. The molecule has 0 aliphatic heterocycles. The molecule has 0 spiro atoms. The Kier molecular flexibility index (Phi) is 4.80. The summed E-state index contributed by atoms with van der Waals surface area (Å²) < 4.78 is 26.9. The van der Waals surface area contributed by atoms with E-state index in [4.69, 9.17) is 11.6 Å². The molecule has 3 nitrogen and oxygen atoms in total. The van der Waals surface area contributed by atoms with E-state index >= 15 is 0 Å². The zero-order valence-electron chi connectivity index (χ0n) is 13.7. The highest BCUT2D eigenvalue weighted by Gasteiger charge is 2.61. The Morgan fingerprint density at radius 2 is 2.00 bits per heavy atom. The second kappa shape index (κ2) is 6.73. The maximum absolute atomic E-state index is 13.7. The van der Waals surface area contributed by atoms with E-state index in [1.807, 2.05) is 12.1 Å². The van der Waals surface area contributed by atoms with Crippen molar-refractivity contribution in [1.82, 2.24) is 4.90 Å². The fourth-order valence-electron chi connectivity index (χ4n) is 3.36. The molecule has 1 saturated carbocycles. The van der Waals surface area contributed by atoms with Crippen LogP contribution in [-0.2, 0) is 16.8 Å². The number of likely N-dealkylation sites (N-methyl/N-ethyl adjacent to an activating group) is 1. The average molecular weight is 366 g/mol. The highest BCUT2D eigenvalue weighted by atomic mass is 35.5. The lowest BCUT2D eigenvalue weighted by Crippen LogP contribution is -2.38. The Labute approximate surface area is 149 Å². The van der Waals surface area contributed by atoms with Gasteiger partial charge in [0.15, 0.2) is 11.6 Å².